The Morgan fingerprint density at radius 3 is 2.26 bits per heavy atom. The van der Waals surface area contributed by atoms with E-state index in [1.54, 1.807) is 61.5 Å². The second-order valence-corrected chi connectivity index (χ2v) is 11.0. The third-order valence-electron chi connectivity index (χ3n) is 5.95. The van der Waals surface area contributed by atoms with Crippen LogP contribution in [-0.4, -0.2) is 34.0 Å². The van der Waals surface area contributed by atoms with E-state index < -0.39 is 28.9 Å². The predicted octanol–water partition coefficient (Wildman–Crippen LogP) is 6.71. The molecule has 3 amide bonds. The fourth-order valence-electron chi connectivity index (χ4n) is 3.78. The Balaban J connectivity index is 1.47. The second-order valence-electron chi connectivity index (χ2n) is 9.16. The first-order valence-electron chi connectivity index (χ1n) is 12.8. The molecule has 0 heterocycles. The summed E-state index contributed by atoms with van der Waals surface area (Å²) in [7, 11) is 0. The van der Waals surface area contributed by atoms with Crippen LogP contribution in [0.25, 0.3) is 6.08 Å². The molecule has 4 aromatic rings. The minimum Gasteiger partial charge on any atom is -0.478 e. The lowest BCUT2D eigenvalue weighted by Crippen LogP contribution is -2.30. The summed E-state index contributed by atoms with van der Waals surface area (Å²) in [5, 5.41) is 16.8. The molecule has 1 unspecified atom stereocenters. The van der Waals surface area contributed by atoms with Gasteiger partial charge in [-0.3, -0.25) is 14.4 Å². The Hall–Kier alpha value is -4.93. The number of amides is 3. The van der Waals surface area contributed by atoms with Gasteiger partial charge in [-0.2, -0.15) is 0 Å². The normalized spacial score (nSPS) is 11.7. The number of aromatic carboxylic acids is 1. The van der Waals surface area contributed by atoms with Gasteiger partial charge in [-0.1, -0.05) is 48.0 Å². The largest absolute Gasteiger partial charge is 0.478 e. The van der Waals surface area contributed by atoms with Crippen LogP contribution in [0.5, 0.6) is 0 Å². The zero-order chi connectivity index (χ0) is 30.9. The van der Waals surface area contributed by atoms with Crippen molar-refractivity contribution in [3.05, 3.63) is 130 Å². The van der Waals surface area contributed by atoms with E-state index in [2.05, 4.69) is 16.0 Å². The molecule has 0 bridgehead atoms. The lowest BCUT2D eigenvalue weighted by molar-refractivity contribution is -0.115. The van der Waals surface area contributed by atoms with Gasteiger partial charge in [0.25, 0.3) is 11.8 Å². The van der Waals surface area contributed by atoms with Gasteiger partial charge in [-0.05, 0) is 79.2 Å². The van der Waals surface area contributed by atoms with Gasteiger partial charge >= 0.3 is 5.97 Å². The number of benzene rings is 4. The van der Waals surface area contributed by atoms with E-state index in [-0.39, 0.29) is 22.2 Å². The summed E-state index contributed by atoms with van der Waals surface area (Å²) >= 11 is 7.12. The number of hydrogen-bond donors (Lipinski definition) is 4. The van der Waals surface area contributed by atoms with Crippen molar-refractivity contribution in [2.75, 3.05) is 10.6 Å². The van der Waals surface area contributed by atoms with E-state index in [1.807, 2.05) is 0 Å². The molecule has 0 spiro atoms. The topological polar surface area (TPSA) is 125 Å². The predicted molar refractivity (Wildman–Crippen MR) is 166 cm³/mol. The summed E-state index contributed by atoms with van der Waals surface area (Å²) in [6.07, 6.45) is 1.44. The third-order valence-corrected chi connectivity index (χ3v) is 7.37. The molecule has 0 saturated carbocycles. The zero-order valence-corrected chi connectivity index (χ0v) is 24.2. The molecule has 0 aromatic heterocycles. The van der Waals surface area contributed by atoms with Gasteiger partial charge in [-0.25, -0.2) is 9.18 Å². The van der Waals surface area contributed by atoms with Gasteiger partial charge in [0.05, 0.1) is 15.8 Å². The summed E-state index contributed by atoms with van der Waals surface area (Å²) < 4.78 is 13.4. The smallest absolute Gasteiger partial charge is 0.337 e. The summed E-state index contributed by atoms with van der Waals surface area (Å²) in [4.78, 5) is 50.9. The second kappa shape index (κ2) is 14.3. The Bertz CT molecular complexity index is 1700. The molecular weight excluding hydrogens is 593 g/mol. The minimum absolute atomic E-state index is 0.0575. The Kier molecular flexibility index (Phi) is 10.3. The number of anilines is 2. The van der Waals surface area contributed by atoms with Gasteiger partial charge in [-0.15, -0.1) is 11.8 Å². The SMILES string of the molecule is CC(Sc1cccc(NC(=O)/C(=C/c2ccc(F)cc2)NC(=O)c2ccccc2)c1)C(=O)Nc1ccc(Cl)c(C(=O)O)c1. The van der Waals surface area contributed by atoms with Crippen LogP contribution in [0.4, 0.5) is 15.8 Å². The van der Waals surface area contributed by atoms with E-state index in [4.69, 9.17) is 11.6 Å². The van der Waals surface area contributed by atoms with Crippen molar-refractivity contribution in [1.29, 1.82) is 0 Å². The number of halogens is 2. The van der Waals surface area contributed by atoms with E-state index >= 15 is 0 Å². The van der Waals surface area contributed by atoms with Crippen LogP contribution in [0.1, 0.15) is 33.2 Å². The van der Waals surface area contributed by atoms with Crippen LogP contribution >= 0.6 is 23.4 Å². The summed E-state index contributed by atoms with van der Waals surface area (Å²) in [5.74, 6) is -3.13. The number of carbonyl (C=O) groups excluding carboxylic acids is 3. The maximum atomic E-state index is 13.4. The minimum atomic E-state index is -1.21. The number of hydrogen-bond acceptors (Lipinski definition) is 5. The Morgan fingerprint density at radius 2 is 1.56 bits per heavy atom. The number of thioether (sulfide) groups is 1. The monoisotopic (exact) mass is 617 g/mol. The van der Waals surface area contributed by atoms with Crippen molar-refractivity contribution >= 4 is 64.5 Å². The van der Waals surface area contributed by atoms with Crippen molar-refractivity contribution in [2.24, 2.45) is 0 Å². The van der Waals surface area contributed by atoms with Crippen molar-refractivity contribution in [1.82, 2.24) is 5.32 Å². The molecule has 0 aliphatic rings. The van der Waals surface area contributed by atoms with Crippen molar-refractivity contribution in [3.8, 4) is 0 Å². The average molecular weight is 618 g/mol. The molecule has 0 saturated heterocycles. The molecule has 43 heavy (non-hydrogen) atoms. The maximum absolute atomic E-state index is 13.4. The Labute approximate surface area is 256 Å². The fraction of sp³-hybridized carbons (Fsp3) is 0.0625. The molecule has 0 fully saturated rings. The zero-order valence-electron chi connectivity index (χ0n) is 22.6. The number of rotatable bonds is 10. The van der Waals surface area contributed by atoms with E-state index in [1.165, 1.54) is 60.3 Å². The fourth-order valence-corrected chi connectivity index (χ4v) is 4.91. The molecule has 4 rings (SSSR count). The quantitative estimate of drug-likeness (QED) is 0.116. The number of carbonyl (C=O) groups is 4. The van der Waals surface area contributed by atoms with Crippen LogP contribution in [0, 0.1) is 5.82 Å². The summed E-state index contributed by atoms with van der Waals surface area (Å²) in [5.41, 5.74) is 1.36. The van der Waals surface area contributed by atoms with E-state index in [0.29, 0.717) is 27.4 Å². The molecule has 4 aromatic carbocycles. The van der Waals surface area contributed by atoms with Crippen LogP contribution < -0.4 is 16.0 Å². The van der Waals surface area contributed by atoms with E-state index in [9.17, 15) is 28.7 Å². The van der Waals surface area contributed by atoms with Crippen molar-refractivity contribution < 1.29 is 28.7 Å². The van der Waals surface area contributed by atoms with Gasteiger partial charge in [0.15, 0.2) is 0 Å². The molecule has 218 valence electrons. The van der Waals surface area contributed by atoms with Crippen LogP contribution in [0.3, 0.4) is 0 Å². The maximum Gasteiger partial charge on any atom is 0.337 e. The average Bonchev–Trinajstić information content (AvgIpc) is 2.99. The highest BCUT2D eigenvalue weighted by molar-refractivity contribution is 8.00. The standard InChI is InChI=1S/C32H25ClFN3O5S/c1-19(29(38)35-24-14-15-27(33)26(18-24)32(41)42)43-25-9-5-8-23(17-25)36-31(40)28(16-20-10-12-22(34)13-11-20)37-30(39)21-6-3-2-4-7-21/h2-19H,1H3,(H,35,38)(H,36,40)(H,37,39)(H,41,42)/b28-16-. The first-order valence-corrected chi connectivity index (χ1v) is 14.1. The molecule has 1 atom stereocenters. The number of carboxylic acid groups (broad SMARTS) is 1. The van der Waals surface area contributed by atoms with Gasteiger partial charge in [0.1, 0.15) is 11.5 Å². The van der Waals surface area contributed by atoms with Gasteiger partial charge in [0.2, 0.25) is 5.91 Å². The van der Waals surface area contributed by atoms with Gasteiger partial charge in [0, 0.05) is 21.8 Å². The Morgan fingerprint density at radius 1 is 0.860 bits per heavy atom. The molecule has 0 aliphatic carbocycles. The number of nitrogens with one attached hydrogen (secondary N) is 3. The highest BCUT2D eigenvalue weighted by Gasteiger charge is 2.18. The highest BCUT2D eigenvalue weighted by Crippen LogP contribution is 2.28. The molecule has 0 radical (unpaired) electrons. The molecule has 8 nitrogen and oxygen atoms in total. The third kappa shape index (κ3) is 8.78. The van der Waals surface area contributed by atoms with Crippen molar-refractivity contribution in [2.45, 2.75) is 17.1 Å². The van der Waals surface area contributed by atoms with Crippen molar-refractivity contribution in [3.63, 3.8) is 0 Å². The molecule has 0 aliphatic heterocycles. The summed E-state index contributed by atoms with van der Waals surface area (Å²) in [6, 6.07) is 24.8. The molecule has 11 heteroatoms. The van der Waals surface area contributed by atoms with Crippen LogP contribution in [0.2, 0.25) is 5.02 Å². The van der Waals surface area contributed by atoms with E-state index in [0.717, 1.165) is 0 Å². The lowest BCUT2D eigenvalue weighted by atomic mass is 10.1. The van der Waals surface area contributed by atoms with Gasteiger partial charge < -0.3 is 21.1 Å². The highest BCUT2D eigenvalue weighted by atomic mass is 35.5. The van der Waals surface area contributed by atoms with Crippen LogP contribution in [0.15, 0.2) is 108 Å². The van der Waals surface area contributed by atoms with Crippen LogP contribution in [-0.2, 0) is 9.59 Å². The summed E-state index contributed by atoms with van der Waals surface area (Å²) in [6.45, 7) is 1.68. The molecule has 4 N–H and O–H groups in total. The molecular formula is C32H25ClFN3O5S. The first-order chi connectivity index (χ1) is 20.6. The lowest BCUT2D eigenvalue weighted by Gasteiger charge is -2.14. The number of carboxylic acids is 1. The first kappa shape index (κ1) is 31.0.